The zero-order chi connectivity index (χ0) is 23.8. The highest BCUT2D eigenvalue weighted by Crippen LogP contribution is 2.27. The number of hydrogen-bond donors (Lipinski definition) is 0. The Hall–Kier alpha value is -3.53. The number of carbonyl (C=O) groups is 1. The Morgan fingerprint density at radius 2 is 1.97 bits per heavy atom. The van der Waals surface area contributed by atoms with Crippen LogP contribution in [0.5, 0.6) is 5.88 Å². The fourth-order valence-corrected chi connectivity index (χ4v) is 4.68. The number of ether oxygens (including phenoxy) is 2. The van der Waals surface area contributed by atoms with E-state index in [1.165, 1.54) is 24.3 Å². The van der Waals surface area contributed by atoms with Crippen molar-refractivity contribution < 1.29 is 18.7 Å². The second-order valence-electron chi connectivity index (χ2n) is 8.74. The van der Waals surface area contributed by atoms with Crippen LogP contribution < -0.4 is 15.2 Å². The van der Waals surface area contributed by atoms with Crippen molar-refractivity contribution in [2.24, 2.45) is 0 Å². The zero-order valence-electron chi connectivity index (χ0n) is 19.1. The third-order valence-electron chi connectivity index (χ3n) is 6.54. The zero-order valence-corrected chi connectivity index (χ0v) is 19.1. The fraction of sp³-hybridized carbons (Fsp3) is 0.417. The van der Waals surface area contributed by atoms with E-state index in [1.807, 2.05) is 0 Å². The summed E-state index contributed by atoms with van der Waals surface area (Å²) in [5.41, 5.74) is 2.02. The Bertz CT molecular complexity index is 1290. The molecule has 2 aliphatic rings. The molecule has 4 heterocycles. The van der Waals surface area contributed by atoms with Crippen LogP contribution in [0.25, 0.3) is 11.2 Å². The first-order chi connectivity index (χ1) is 16.4. The molecule has 0 spiro atoms. The van der Waals surface area contributed by atoms with Crippen molar-refractivity contribution >= 4 is 22.9 Å². The van der Waals surface area contributed by atoms with Crippen molar-refractivity contribution in [2.45, 2.75) is 31.9 Å². The minimum absolute atomic E-state index is 0.00739. The summed E-state index contributed by atoms with van der Waals surface area (Å²) in [6, 6.07) is 8.27. The average molecular weight is 468 g/mol. The molecule has 178 valence electrons. The number of rotatable bonds is 5. The predicted octanol–water partition coefficient (Wildman–Crippen LogP) is 2.91. The number of fused-ring (bicyclic) bond motifs is 1. The molecular formula is C24H26FN5O4. The van der Waals surface area contributed by atoms with Gasteiger partial charge in [0.05, 0.1) is 25.5 Å². The Kier molecular flexibility index (Phi) is 5.91. The highest BCUT2D eigenvalue weighted by atomic mass is 19.1. The number of anilines is 1. The van der Waals surface area contributed by atoms with Crippen molar-refractivity contribution in [2.75, 3.05) is 38.2 Å². The van der Waals surface area contributed by atoms with Crippen LogP contribution >= 0.6 is 0 Å². The fourth-order valence-electron chi connectivity index (χ4n) is 4.68. The number of carbonyl (C=O) groups excluding carboxylic acids is 1. The van der Waals surface area contributed by atoms with Crippen molar-refractivity contribution in [1.82, 2.24) is 19.4 Å². The number of halogens is 1. The van der Waals surface area contributed by atoms with Crippen LogP contribution in [0.4, 0.5) is 14.9 Å². The van der Waals surface area contributed by atoms with E-state index >= 15 is 0 Å². The topological polar surface area (TPSA) is 89.8 Å². The summed E-state index contributed by atoms with van der Waals surface area (Å²) < 4.78 is 26.4. The highest BCUT2D eigenvalue weighted by molar-refractivity contribution is 5.89. The minimum Gasteiger partial charge on any atom is -0.481 e. The molecule has 2 aliphatic heterocycles. The number of aryl methyl sites for hydroxylation is 1. The third-order valence-corrected chi connectivity index (χ3v) is 6.54. The van der Waals surface area contributed by atoms with E-state index in [-0.39, 0.29) is 23.5 Å². The number of pyridine rings is 1. The van der Waals surface area contributed by atoms with Gasteiger partial charge in [-0.1, -0.05) is 6.07 Å². The summed E-state index contributed by atoms with van der Waals surface area (Å²) in [5, 5.41) is 0. The quantitative estimate of drug-likeness (QED) is 0.570. The molecule has 0 radical (unpaired) electrons. The number of aromatic nitrogens is 3. The second-order valence-corrected chi connectivity index (χ2v) is 8.74. The van der Waals surface area contributed by atoms with Gasteiger partial charge in [-0.25, -0.2) is 14.2 Å². The van der Waals surface area contributed by atoms with E-state index in [4.69, 9.17) is 9.47 Å². The molecule has 0 saturated carbocycles. The van der Waals surface area contributed by atoms with Gasteiger partial charge in [-0.15, -0.1) is 0 Å². The number of hydrogen-bond acceptors (Lipinski definition) is 7. The van der Waals surface area contributed by atoms with Gasteiger partial charge in [-0.05, 0) is 43.5 Å². The molecule has 5 rings (SSSR count). The van der Waals surface area contributed by atoms with E-state index in [0.717, 1.165) is 25.9 Å². The number of nitrogens with zero attached hydrogens (tertiary/aromatic N) is 5. The number of methoxy groups -OCH3 is 1. The first-order valence-electron chi connectivity index (χ1n) is 11.3. The van der Waals surface area contributed by atoms with Crippen molar-refractivity contribution in [3.63, 3.8) is 0 Å². The number of benzene rings is 1. The van der Waals surface area contributed by atoms with Gasteiger partial charge in [0.15, 0.2) is 5.65 Å². The van der Waals surface area contributed by atoms with Gasteiger partial charge in [-0.3, -0.25) is 19.2 Å². The maximum Gasteiger partial charge on any atom is 0.414 e. The van der Waals surface area contributed by atoms with Gasteiger partial charge in [0.25, 0.3) is 5.56 Å². The molecule has 10 heteroatoms. The average Bonchev–Trinajstić information content (AvgIpc) is 3.21. The maximum absolute atomic E-state index is 13.9. The van der Waals surface area contributed by atoms with Crippen molar-refractivity contribution in [3.8, 4) is 5.88 Å². The lowest BCUT2D eigenvalue weighted by Crippen LogP contribution is -2.42. The Balaban J connectivity index is 1.24. The van der Waals surface area contributed by atoms with E-state index in [0.29, 0.717) is 41.4 Å². The summed E-state index contributed by atoms with van der Waals surface area (Å²) in [6.07, 6.45) is 2.09. The van der Waals surface area contributed by atoms with Gasteiger partial charge in [0.2, 0.25) is 5.88 Å². The number of likely N-dealkylation sites (tertiary alicyclic amines) is 1. The highest BCUT2D eigenvalue weighted by Gasteiger charge is 2.35. The lowest BCUT2D eigenvalue weighted by Gasteiger charge is -2.33. The van der Waals surface area contributed by atoms with Crippen LogP contribution in [0.2, 0.25) is 0 Å². The van der Waals surface area contributed by atoms with Gasteiger partial charge in [-0.2, -0.15) is 4.98 Å². The van der Waals surface area contributed by atoms with E-state index in [2.05, 4.69) is 14.9 Å². The molecule has 2 aromatic heterocycles. The molecule has 1 atom stereocenters. The van der Waals surface area contributed by atoms with Gasteiger partial charge in [0, 0.05) is 31.7 Å². The summed E-state index contributed by atoms with van der Waals surface area (Å²) in [4.78, 5) is 37.4. The molecule has 0 bridgehead atoms. The van der Waals surface area contributed by atoms with E-state index in [1.54, 1.807) is 35.8 Å². The molecule has 3 aromatic rings. The maximum atomic E-state index is 13.9. The number of cyclic esters (lactones) is 1. The molecule has 9 nitrogen and oxygen atoms in total. The van der Waals surface area contributed by atoms with Crippen molar-refractivity contribution in [3.05, 3.63) is 58.3 Å². The normalized spacial score (nSPS) is 19.6. The van der Waals surface area contributed by atoms with Gasteiger partial charge in [0.1, 0.15) is 17.4 Å². The van der Waals surface area contributed by atoms with Crippen LogP contribution in [0, 0.1) is 12.7 Å². The summed E-state index contributed by atoms with van der Waals surface area (Å²) in [6.45, 7) is 4.14. The molecule has 2 saturated heterocycles. The van der Waals surface area contributed by atoms with Crippen molar-refractivity contribution in [1.29, 1.82) is 0 Å². The first kappa shape index (κ1) is 22.3. The molecule has 2 fully saturated rings. The molecule has 1 amide bonds. The first-order valence-corrected chi connectivity index (χ1v) is 11.3. The standard InChI is InChI=1S/C24H26FN5O4/c1-15-3-4-17(11-19(15)25)29-14-18(34-24(29)32)13-28-9-7-16(8-10-28)30-22(31)12-26-20-5-6-21(33-2)27-23(20)30/h3-6,11-12,16,18H,7-10,13-14H2,1-2H3. The smallest absolute Gasteiger partial charge is 0.414 e. The van der Waals surface area contributed by atoms with Crippen LogP contribution in [-0.4, -0.2) is 64.9 Å². The van der Waals surface area contributed by atoms with Crippen LogP contribution in [0.15, 0.2) is 41.3 Å². The molecule has 1 unspecified atom stereocenters. The molecule has 1 aromatic carbocycles. The Morgan fingerprint density at radius 1 is 1.18 bits per heavy atom. The summed E-state index contributed by atoms with van der Waals surface area (Å²) in [7, 11) is 1.54. The molecule has 0 N–H and O–H groups in total. The molecular weight excluding hydrogens is 441 g/mol. The predicted molar refractivity (Wildman–Crippen MR) is 124 cm³/mol. The summed E-state index contributed by atoms with van der Waals surface area (Å²) >= 11 is 0. The Morgan fingerprint density at radius 3 is 2.71 bits per heavy atom. The largest absolute Gasteiger partial charge is 0.481 e. The molecule has 0 aliphatic carbocycles. The number of piperidine rings is 1. The second kappa shape index (κ2) is 9.02. The van der Waals surface area contributed by atoms with Gasteiger partial charge < -0.3 is 9.47 Å². The van der Waals surface area contributed by atoms with E-state index in [9.17, 15) is 14.0 Å². The van der Waals surface area contributed by atoms with E-state index < -0.39 is 6.09 Å². The lowest BCUT2D eigenvalue weighted by atomic mass is 10.0. The Labute approximate surface area is 195 Å². The van der Waals surface area contributed by atoms with Crippen LogP contribution in [-0.2, 0) is 4.74 Å². The third kappa shape index (κ3) is 4.21. The van der Waals surface area contributed by atoms with Gasteiger partial charge >= 0.3 is 6.09 Å². The monoisotopic (exact) mass is 467 g/mol. The lowest BCUT2D eigenvalue weighted by molar-refractivity contribution is 0.0924. The number of amides is 1. The molecule has 34 heavy (non-hydrogen) atoms. The van der Waals surface area contributed by atoms with Crippen LogP contribution in [0.3, 0.4) is 0 Å². The SMILES string of the molecule is COc1ccc2ncc(=O)n(C3CCN(CC4CN(c5ccc(C)c(F)c5)C(=O)O4)CC3)c2n1. The summed E-state index contributed by atoms with van der Waals surface area (Å²) in [5.74, 6) is 0.0916. The van der Waals surface area contributed by atoms with Crippen LogP contribution in [0.1, 0.15) is 24.4 Å². The minimum atomic E-state index is -0.460.